The van der Waals surface area contributed by atoms with Crippen LogP contribution in [-0.2, 0) is 4.79 Å². The second-order valence-electron chi connectivity index (χ2n) is 4.93. The molecule has 0 saturated carbocycles. The summed E-state index contributed by atoms with van der Waals surface area (Å²) in [5.41, 5.74) is 0. The highest BCUT2D eigenvalue weighted by atomic mass is 79.9. The fourth-order valence-electron chi connectivity index (χ4n) is 2.08. The van der Waals surface area contributed by atoms with Gasteiger partial charge in [0, 0.05) is 17.6 Å². The third kappa shape index (κ3) is 4.21. The molecule has 2 rings (SSSR count). The maximum absolute atomic E-state index is 12.0. The molecule has 1 saturated heterocycles. The fraction of sp³-hybridized carbons (Fsp3) is 0.500. The summed E-state index contributed by atoms with van der Waals surface area (Å²) in [5.74, 6) is 1.49. The molecule has 1 amide bonds. The number of amides is 1. The van der Waals surface area contributed by atoms with Gasteiger partial charge in [0.15, 0.2) is 6.61 Å². The summed E-state index contributed by atoms with van der Waals surface area (Å²) < 4.78 is 7.40. The van der Waals surface area contributed by atoms with E-state index < -0.39 is 0 Å². The lowest BCUT2D eigenvalue weighted by Gasteiger charge is -2.30. The Morgan fingerprint density at radius 2 is 2.05 bits per heavy atom. The van der Waals surface area contributed by atoms with Crippen LogP contribution >= 0.6 is 31.9 Å². The lowest BCUT2D eigenvalue weighted by Crippen LogP contribution is -2.40. The SMILES string of the molecule is CC1CCN(C(=O)COc2ccc(Br)cc2Br)CC1. The van der Waals surface area contributed by atoms with E-state index in [9.17, 15) is 4.79 Å². The number of hydrogen-bond donors (Lipinski definition) is 0. The van der Waals surface area contributed by atoms with Crippen LogP contribution in [0.1, 0.15) is 19.8 Å². The third-order valence-corrected chi connectivity index (χ3v) is 4.49. The van der Waals surface area contributed by atoms with Gasteiger partial charge >= 0.3 is 0 Å². The first kappa shape index (κ1) is 14.9. The van der Waals surface area contributed by atoms with E-state index in [2.05, 4.69) is 38.8 Å². The highest BCUT2D eigenvalue weighted by Gasteiger charge is 2.20. The minimum atomic E-state index is 0.0710. The van der Waals surface area contributed by atoms with Gasteiger partial charge < -0.3 is 9.64 Å². The van der Waals surface area contributed by atoms with Crippen LogP contribution in [0.25, 0.3) is 0 Å². The number of likely N-dealkylation sites (tertiary alicyclic amines) is 1. The Kier molecular flexibility index (Phi) is 5.28. The zero-order valence-corrected chi connectivity index (χ0v) is 14.0. The van der Waals surface area contributed by atoms with E-state index in [1.54, 1.807) is 0 Å². The number of rotatable bonds is 3. The van der Waals surface area contributed by atoms with Crippen LogP contribution in [0, 0.1) is 5.92 Å². The predicted octanol–water partition coefficient (Wildman–Crippen LogP) is 3.85. The van der Waals surface area contributed by atoms with Gasteiger partial charge in [0.25, 0.3) is 5.91 Å². The molecule has 1 fully saturated rings. The Morgan fingerprint density at radius 1 is 1.37 bits per heavy atom. The maximum Gasteiger partial charge on any atom is 0.260 e. The zero-order valence-electron chi connectivity index (χ0n) is 10.9. The summed E-state index contributed by atoms with van der Waals surface area (Å²) in [6, 6.07) is 5.65. The molecule has 0 unspecified atom stereocenters. The average Bonchev–Trinajstić information content (AvgIpc) is 2.38. The van der Waals surface area contributed by atoms with E-state index in [1.807, 2.05) is 23.1 Å². The number of hydrogen-bond acceptors (Lipinski definition) is 2. The minimum absolute atomic E-state index is 0.0710. The number of benzene rings is 1. The van der Waals surface area contributed by atoms with Crippen LogP contribution < -0.4 is 4.74 Å². The van der Waals surface area contributed by atoms with Crippen molar-refractivity contribution >= 4 is 37.8 Å². The van der Waals surface area contributed by atoms with E-state index in [0.717, 1.165) is 40.8 Å². The summed E-state index contributed by atoms with van der Waals surface area (Å²) in [7, 11) is 0. The quantitative estimate of drug-likeness (QED) is 0.784. The fourth-order valence-corrected chi connectivity index (χ4v) is 3.24. The monoisotopic (exact) mass is 389 g/mol. The van der Waals surface area contributed by atoms with Crippen LogP contribution in [0.2, 0.25) is 0 Å². The lowest BCUT2D eigenvalue weighted by molar-refractivity contribution is -0.134. The highest BCUT2D eigenvalue weighted by molar-refractivity contribution is 9.11. The molecule has 104 valence electrons. The Morgan fingerprint density at radius 3 is 2.68 bits per heavy atom. The molecule has 19 heavy (non-hydrogen) atoms. The van der Waals surface area contributed by atoms with Crippen molar-refractivity contribution in [3.8, 4) is 5.75 Å². The van der Waals surface area contributed by atoms with E-state index >= 15 is 0 Å². The van der Waals surface area contributed by atoms with Gasteiger partial charge in [-0.3, -0.25) is 4.79 Å². The Bertz CT molecular complexity index is 457. The Hall–Kier alpha value is -0.550. The van der Waals surface area contributed by atoms with E-state index in [4.69, 9.17) is 4.74 Å². The van der Waals surface area contributed by atoms with Gasteiger partial charge in [0.1, 0.15) is 5.75 Å². The largest absolute Gasteiger partial charge is 0.483 e. The van der Waals surface area contributed by atoms with Gasteiger partial charge in [0.05, 0.1) is 4.47 Å². The first-order valence-corrected chi connectivity index (χ1v) is 8.00. The predicted molar refractivity (Wildman–Crippen MR) is 82.3 cm³/mol. The number of halogens is 2. The van der Waals surface area contributed by atoms with Gasteiger partial charge in [-0.25, -0.2) is 0 Å². The van der Waals surface area contributed by atoms with Crippen LogP contribution in [0.5, 0.6) is 5.75 Å². The van der Waals surface area contributed by atoms with Crippen molar-refractivity contribution < 1.29 is 9.53 Å². The Labute approximate surface area is 130 Å². The van der Waals surface area contributed by atoms with Crippen LogP contribution in [0.4, 0.5) is 0 Å². The molecule has 0 N–H and O–H groups in total. The highest BCUT2D eigenvalue weighted by Crippen LogP contribution is 2.28. The molecule has 0 spiro atoms. The molecule has 0 aliphatic carbocycles. The van der Waals surface area contributed by atoms with Crippen molar-refractivity contribution in [2.45, 2.75) is 19.8 Å². The standard InChI is InChI=1S/C14H17Br2NO2/c1-10-4-6-17(7-5-10)14(18)9-19-13-3-2-11(15)8-12(13)16/h2-3,8,10H,4-7,9H2,1H3. The number of carbonyl (C=O) groups excluding carboxylic acids is 1. The summed E-state index contributed by atoms with van der Waals surface area (Å²) >= 11 is 6.80. The average molecular weight is 391 g/mol. The smallest absolute Gasteiger partial charge is 0.260 e. The molecule has 0 atom stereocenters. The molecule has 0 aromatic heterocycles. The lowest BCUT2D eigenvalue weighted by atomic mass is 9.99. The van der Waals surface area contributed by atoms with E-state index in [1.165, 1.54) is 0 Å². The summed E-state index contributed by atoms with van der Waals surface area (Å²) in [5, 5.41) is 0. The van der Waals surface area contributed by atoms with Crippen molar-refractivity contribution in [2.75, 3.05) is 19.7 Å². The molecule has 3 nitrogen and oxygen atoms in total. The molecule has 0 bridgehead atoms. The van der Waals surface area contributed by atoms with Gasteiger partial charge in [-0.1, -0.05) is 22.9 Å². The summed E-state index contributed by atoms with van der Waals surface area (Å²) in [6.07, 6.45) is 2.18. The van der Waals surface area contributed by atoms with Gasteiger partial charge in [0.2, 0.25) is 0 Å². The molecule has 0 radical (unpaired) electrons. The number of carbonyl (C=O) groups is 1. The van der Waals surface area contributed by atoms with Crippen molar-refractivity contribution in [2.24, 2.45) is 5.92 Å². The third-order valence-electron chi connectivity index (χ3n) is 3.38. The van der Waals surface area contributed by atoms with Crippen molar-refractivity contribution in [1.82, 2.24) is 4.90 Å². The van der Waals surface area contributed by atoms with Crippen molar-refractivity contribution in [1.29, 1.82) is 0 Å². The van der Waals surface area contributed by atoms with Crippen LogP contribution in [0.15, 0.2) is 27.1 Å². The normalized spacial score (nSPS) is 16.5. The van der Waals surface area contributed by atoms with Crippen molar-refractivity contribution in [3.63, 3.8) is 0 Å². The van der Waals surface area contributed by atoms with E-state index in [0.29, 0.717) is 5.75 Å². The van der Waals surface area contributed by atoms with Gasteiger partial charge in [-0.2, -0.15) is 0 Å². The van der Waals surface area contributed by atoms with Gasteiger partial charge in [-0.05, 0) is 52.9 Å². The summed E-state index contributed by atoms with van der Waals surface area (Å²) in [6.45, 7) is 4.04. The molecular weight excluding hydrogens is 374 g/mol. The molecule has 1 aromatic rings. The van der Waals surface area contributed by atoms with Crippen molar-refractivity contribution in [3.05, 3.63) is 27.1 Å². The minimum Gasteiger partial charge on any atom is -0.483 e. The topological polar surface area (TPSA) is 29.5 Å². The van der Waals surface area contributed by atoms with Crippen LogP contribution in [-0.4, -0.2) is 30.5 Å². The summed E-state index contributed by atoms with van der Waals surface area (Å²) in [4.78, 5) is 13.9. The molecule has 5 heteroatoms. The number of piperidine rings is 1. The number of nitrogens with zero attached hydrogens (tertiary/aromatic N) is 1. The Balaban J connectivity index is 1.86. The molecule has 1 heterocycles. The molecule has 1 aliphatic rings. The van der Waals surface area contributed by atoms with Gasteiger partial charge in [-0.15, -0.1) is 0 Å². The maximum atomic E-state index is 12.0. The van der Waals surface area contributed by atoms with Crippen LogP contribution in [0.3, 0.4) is 0 Å². The van der Waals surface area contributed by atoms with E-state index in [-0.39, 0.29) is 12.5 Å². The molecule has 1 aromatic carbocycles. The molecular formula is C14H17Br2NO2. The zero-order chi connectivity index (χ0) is 13.8. The number of ether oxygens (including phenoxy) is 1. The second kappa shape index (κ2) is 6.75. The second-order valence-corrected chi connectivity index (χ2v) is 6.70. The molecule has 1 aliphatic heterocycles. The first-order chi connectivity index (χ1) is 9.06. The first-order valence-electron chi connectivity index (χ1n) is 6.42.